The van der Waals surface area contributed by atoms with Gasteiger partial charge in [-0.05, 0) is 72.6 Å². The molecule has 1 unspecified atom stereocenters. The topological polar surface area (TPSA) is 41.6 Å². The van der Waals surface area contributed by atoms with Crippen LogP contribution in [0.25, 0.3) is 5.57 Å². The minimum absolute atomic E-state index is 0.151. The number of carbonyl (C=O) groups excluding carboxylic acids is 1. The van der Waals surface area contributed by atoms with E-state index in [2.05, 4.69) is 70.9 Å². The van der Waals surface area contributed by atoms with Gasteiger partial charge in [0.15, 0.2) is 0 Å². The fraction of sp³-hybridized carbons (Fsp3) is 0.344. The fourth-order valence-corrected chi connectivity index (χ4v) is 5.32. The number of benzene rings is 3. The molecular weight excluding hydrogens is 444 g/mol. The van der Waals surface area contributed by atoms with Gasteiger partial charge in [-0.25, -0.2) is 0 Å². The zero-order valence-electron chi connectivity index (χ0n) is 20.9. The van der Waals surface area contributed by atoms with Gasteiger partial charge >= 0.3 is 5.97 Å². The molecule has 0 bridgehead atoms. The first-order valence-electron chi connectivity index (χ1n) is 13.2. The van der Waals surface area contributed by atoms with E-state index in [0.717, 1.165) is 63.1 Å². The Morgan fingerprint density at radius 3 is 2.22 bits per heavy atom. The summed E-state index contributed by atoms with van der Waals surface area (Å²) in [6.45, 7) is 5.52. The van der Waals surface area contributed by atoms with Crippen molar-refractivity contribution in [3.8, 4) is 0 Å². The number of hydrogen-bond donors (Lipinski definition) is 1. The van der Waals surface area contributed by atoms with Crippen molar-refractivity contribution in [1.29, 1.82) is 0 Å². The number of likely N-dealkylation sites (tertiary alicyclic amines) is 1. The first-order chi connectivity index (χ1) is 17.8. The van der Waals surface area contributed by atoms with E-state index in [1.54, 1.807) is 0 Å². The molecule has 1 N–H and O–H groups in total. The Balaban J connectivity index is 1.20. The first-order valence-corrected chi connectivity index (χ1v) is 13.2. The zero-order chi connectivity index (χ0) is 24.6. The van der Waals surface area contributed by atoms with E-state index in [4.69, 9.17) is 4.74 Å². The van der Waals surface area contributed by atoms with Crippen LogP contribution in [-0.4, -0.2) is 43.7 Å². The van der Waals surface area contributed by atoms with Crippen LogP contribution in [0.3, 0.4) is 0 Å². The molecule has 1 fully saturated rings. The van der Waals surface area contributed by atoms with Crippen LogP contribution in [0.15, 0.2) is 91.0 Å². The molecule has 2 heterocycles. The Kier molecular flexibility index (Phi) is 8.27. The summed E-state index contributed by atoms with van der Waals surface area (Å²) in [5.74, 6) is -0.131. The van der Waals surface area contributed by atoms with Gasteiger partial charge in [0, 0.05) is 13.1 Å². The summed E-state index contributed by atoms with van der Waals surface area (Å²) < 4.78 is 5.98. The number of esters is 1. The number of carbonyl (C=O) groups is 1. The lowest BCUT2D eigenvalue weighted by atomic mass is 9.89. The van der Waals surface area contributed by atoms with Gasteiger partial charge in [-0.1, -0.05) is 91.0 Å². The van der Waals surface area contributed by atoms with Crippen molar-refractivity contribution in [1.82, 2.24) is 10.2 Å². The Morgan fingerprint density at radius 2 is 1.56 bits per heavy atom. The van der Waals surface area contributed by atoms with Crippen molar-refractivity contribution >= 4 is 11.5 Å². The molecule has 2 aliphatic heterocycles. The highest BCUT2D eigenvalue weighted by molar-refractivity contribution is 5.82. The van der Waals surface area contributed by atoms with Crippen LogP contribution in [0, 0.1) is 5.92 Å². The van der Waals surface area contributed by atoms with Crippen LogP contribution in [0.1, 0.15) is 47.4 Å². The van der Waals surface area contributed by atoms with Crippen LogP contribution in [0.4, 0.5) is 0 Å². The van der Waals surface area contributed by atoms with Gasteiger partial charge < -0.3 is 10.1 Å². The third-order valence-electron chi connectivity index (χ3n) is 7.46. The second-order valence-corrected chi connectivity index (χ2v) is 9.98. The van der Waals surface area contributed by atoms with Gasteiger partial charge in [0.05, 0.1) is 6.61 Å². The SMILES string of the molecule is O=C(OCC1CCN(Cc2ccccc2)CC1)C(c1ccccc1)c1ccc(C2=CCNCC2)cc1. The highest BCUT2D eigenvalue weighted by Crippen LogP contribution is 2.29. The van der Waals surface area contributed by atoms with Crippen LogP contribution in [0.5, 0.6) is 0 Å². The number of nitrogens with zero attached hydrogens (tertiary/aromatic N) is 1. The summed E-state index contributed by atoms with van der Waals surface area (Å²) >= 11 is 0. The van der Waals surface area contributed by atoms with Crippen LogP contribution < -0.4 is 5.32 Å². The number of hydrogen-bond acceptors (Lipinski definition) is 4. The molecule has 2 aliphatic rings. The van der Waals surface area contributed by atoms with Crippen LogP contribution in [0.2, 0.25) is 0 Å². The molecule has 36 heavy (non-hydrogen) atoms. The largest absolute Gasteiger partial charge is 0.465 e. The third kappa shape index (κ3) is 6.31. The van der Waals surface area contributed by atoms with E-state index in [1.807, 2.05) is 30.3 Å². The molecule has 0 saturated carbocycles. The lowest BCUT2D eigenvalue weighted by Crippen LogP contribution is -2.35. The molecule has 0 spiro atoms. The second-order valence-electron chi connectivity index (χ2n) is 9.98. The summed E-state index contributed by atoms with van der Waals surface area (Å²) in [7, 11) is 0. The van der Waals surface area contributed by atoms with Crippen molar-refractivity contribution in [2.45, 2.75) is 31.7 Å². The van der Waals surface area contributed by atoms with E-state index in [-0.39, 0.29) is 5.97 Å². The van der Waals surface area contributed by atoms with Gasteiger partial charge in [-0.15, -0.1) is 0 Å². The number of rotatable bonds is 8. The van der Waals surface area contributed by atoms with Gasteiger partial charge in [0.2, 0.25) is 0 Å². The maximum atomic E-state index is 13.4. The molecule has 3 aromatic rings. The average Bonchev–Trinajstić information content (AvgIpc) is 2.95. The predicted molar refractivity (Wildman–Crippen MR) is 146 cm³/mol. The summed E-state index contributed by atoms with van der Waals surface area (Å²) in [6.07, 6.45) is 5.42. The number of piperidine rings is 1. The molecule has 4 heteroatoms. The van der Waals surface area contributed by atoms with Crippen molar-refractivity contribution in [2.24, 2.45) is 5.92 Å². The summed E-state index contributed by atoms with van der Waals surface area (Å²) in [4.78, 5) is 15.9. The minimum atomic E-state index is -0.402. The molecule has 1 saturated heterocycles. The second kappa shape index (κ2) is 12.2. The third-order valence-corrected chi connectivity index (χ3v) is 7.46. The number of nitrogens with one attached hydrogen (secondary N) is 1. The normalized spacial score (nSPS) is 17.8. The minimum Gasteiger partial charge on any atom is -0.465 e. The van der Waals surface area contributed by atoms with E-state index < -0.39 is 5.92 Å². The molecule has 0 amide bonds. The lowest BCUT2D eigenvalue weighted by molar-refractivity contribution is -0.146. The fourth-order valence-electron chi connectivity index (χ4n) is 5.32. The van der Waals surface area contributed by atoms with Crippen LogP contribution >= 0.6 is 0 Å². The quantitative estimate of drug-likeness (QED) is 0.423. The first kappa shape index (κ1) is 24.5. The summed E-state index contributed by atoms with van der Waals surface area (Å²) in [5.41, 5.74) is 5.94. The van der Waals surface area contributed by atoms with Gasteiger partial charge in [0.1, 0.15) is 5.92 Å². The summed E-state index contributed by atoms with van der Waals surface area (Å²) in [5, 5.41) is 3.36. The Morgan fingerprint density at radius 1 is 0.889 bits per heavy atom. The molecule has 5 rings (SSSR count). The molecule has 3 aromatic carbocycles. The van der Waals surface area contributed by atoms with Crippen molar-refractivity contribution in [3.63, 3.8) is 0 Å². The highest BCUT2D eigenvalue weighted by atomic mass is 16.5. The maximum Gasteiger partial charge on any atom is 0.317 e. The average molecular weight is 481 g/mol. The summed E-state index contributed by atoms with van der Waals surface area (Å²) in [6, 6.07) is 29.2. The van der Waals surface area contributed by atoms with Crippen molar-refractivity contribution in [2.75, 3.05) is 32.8 Å². The zero-order valence-corrected chi connectivity index (χ0v) is 20.9. The maximum absolute atomic E-state index is 13.4. The molecule has 186 valence electrons. The predicted octanol–water partition coefficient (Wildman–Crippen LogP) is 5.65. The smallest absolute Gasteiger partial charge is 0.317 e. The van der Waals surface area contributed by atoms with Crippen LogP contribution in [-0.2, 0) is 16.1 Å². The molecule has 0 aromatic heterocycles. The lowest BCUT2D eigenvalue weighted by Gasteiger charge is -2.32. The Bertz CT molecular complexity index is 1130. The molecule has 4 nitrogen and oxygen atoms in total. The molecule has 0 aliphatic carbocycles. The van der Waals surface area contributed by atoms with E-state index >= 15 is 0 Å². The van der Waals surface area contributed by atoms with Gasteiger partial charge in [0.25, 0.3) is 0 Å². The monoisotopic (exact) mass is 480 g/mol. The highest BCUT2D eigenvalue weighted by Gasteiger charge is 2.27. The van der Waals surface area contributed by atoms with Crippen molar-refractivity contribution in [3.05, 3.63) is 113 Å². The van der Waals surface area contributed by atoms with Gasteiger partial charge in [-0.3, -0.25) is 9.69 Å². The standard InChI is InChI=1S/C32H36N2O2/c35-32(36-24-26-17-21-34(22-18-26)23-25-7-3-1-4-8-25)31(29-9-5-2-6-10-29)30-13-11-27(12-14-30)28-15-19-33-20-16-28/h1-15,26,31,33H,16-24H2. The van der Waals surface area contributed by atoms with E-state index in [9.17, 15) is 4.79 Å². The van der Waals surface area contributed by atoms with E-state index in [0.29, 0.717) is 12.5 Å². The Hall–Kier alpha value is -3.21. The van der Waals surface area contributed by atoms with E-state index in [1.165, 1.54) is 16.7 Å². The van der Waals surface area contributed by atoms with Gasteiger partial charge in [-0.2, -0.15) is 0 Å². The van der Waals surface area contributed by atoms with Crippen molar-refractivity contribution < 1.29 is 9.53 Å². The number of ether oxygens (including phenoxy) is 1. The molecular formula is C32H36N2O2. The Labute approximate surface area is 215 Å². The molecule has 1 atom stereocenters. The molecule has 0 radical (unpaired) electrons.